The minimum absolute atomic E-state index is 0.223. The first kappa shape index (κ1) is 17.1. The van der Waals surface area contributed by atoms with E-state index in [-0.39, 0.29) is 18.9 Å². The van der Waals surface area contributed by atoms with Gasteiger partial charge in [-0.15, -0.1) is 10.2 Å². The predicted molar refractivity (Wildman–Crippen MR) is 89.6 cm³/mol. The Morgan fingerprint density at radius 2 is 2.00 bits per heavy atom. The van der Waals surface area contributed by atoms with E-state index in [4.69, 9.17) is 16.3 Å². The molecule has 0 spiro atoms. The van der Waals surface area contributed by atoms with Crippen molar-refractivity contribution in [1.82, 2.24) is 14.9 Å². The Morgan fingerprint density at radius 1 is 1.30 bits per heavy atom. The summed E-state index contributed by atoms with van der Waals surface area (Å²) >= 11 is 1.33. The molecule has 0 radical (unpaired) electrons. The van der Waals surface area contributed by atoms with E-state index in [1.54, 1.807) is 0 Å². The van der Waals surface area contributed by atoms with Crippen molar-refractivity contribution >= 4 is 17.7 Å². The van der Waals surface area contributed by atoms with Crippen LogP contribution >= 0.6 is 11.8 Å². The molecule has 124 valence electrons. The first-order valence-corrected chi connectivity index (χ1v) is 8.29. The molecule has 0 aliphatic carbocycles. The molecule has 23 heavy (non-hydrogen) atoms. The SMILES string of the molecule is CC(C)c1ccc(OCc2nnc(SCCC(N)=O)n2N)cc1. The number of amides is 1. The van der Waals surface area contributed by atoms with Crippen LogP contribution in [0.25, 0.3) is 0 Å². The summed E-state index contributed by atoms with van der Waals surface area (Å²) in [5.41, 5.74) is 6.35. The lowest BCUT2D eigenvalue weighted by Gasteiger charge is -2.08. The number of benzene rings is 1. The number of nitrogens with zero attached hydrogens (tertiary/aromatic N) is 3. The second kappa shape index (κ2) is 7.87. The van der Waals surface area contributed by atoms with Gasteiger partial charge in [0.1, 0.15) is 12.4 Å². The van der Waals surface area contributed by atoms with Gasteiger partial charge in [-0.25, -0.2) is 4.68 Å². The second-order valence-electron chi connectivity index (χ2n) is 5.35. The molecule has 1 aromatic heterocycles. The van der Waals surface area contributed by atoms with E-state index in [1.807, 2.05) is 24.3 Å². The summed E-state index contributed by atoms with van der Waals surface area (Å²) in [6, 6.07) is 7.93. The molecule has 4 N–H and O–H groups in total. The molecule has 0 unspecified atom stereocenters. The lowest BCUT2D eigenvalue weighted by atomic mass is 10.0. The third kappa shape index (κ3) is 4.88. The van der Waals surface area contributed by atoms with Gasteiger partial charge in [0.05, 0.1) is 0 Å². The van der Waals surface area contributed by atoms with Gasteiger partial charge >= 0.3 is 0 Å². The van der Waals surface area contributed by atoms with Crippen LogP contribution in [0.3, 0.4) is 0 Å². The molecule has 0 fully saturated rings. The van der Waals surface area contributed by atoms with Crippen molar-refractivity contribution in [3.8, 4) is 5.75 Å². The van der Waals surface area contributed by atoms with E-state index >= 15 is 0 Å². The van der Waals surface area contributed by atoms with Crippen LogP contribution in [0.4, 0.5) is 0 Å². The lowest BCUT2D eigenvalue weighted by Crippen LogP contribution is -2.16. The van der Waals surface area contributed by atoms with E-state index < -0.39 is 0 Å². The molecule has 1 aromatic carbocycles. The van der Waals surface area contributed by atoms with Crippen molar-refractivity contribution in [3.05, 3.63) is 35.7 Å². The Morgan fingerprint density at radius 3 is 2.61 bits per heavy atom. The van der Waals surface area contributed by atoms with Crippen LogP contribution in [0.1, 0.15) is 37.6 Å². The first-order chi connectivity index (χ1) is 11.0. The highest BCUT2D eigenvalue weighted by atomic mass is 32.2. The zero-order chi connectivity index (χ0) is 16.8. The fourth-order valence-electron chi connectivity index (χ4n) is 1.84. The predicted octanol–water partition coefficient (Wildman–Crippen LogP) is 1.66. The molecule has 7 nitrogen and oxygen atoms in total. The van der Waals surface area contributed by atoms with Crippen LogP contribution in [-0.4, -0.2) is 26.5 Å². The van der Waals surface area contributed by atoms with Gasteiger partial charge in [0, 0.05) is 12.2 Å². The molecule has 1 amide bonds. The Hall–Kier alpha value is -2.22. The van der Waals surface area contributed by atoms with E-state index in [1.165, 1.54) is 22.0 Å². The number of primary amides is 1. The summed E-state index contributed by atoms with van der Waals surface area (Å²) in [7, 11) is 0. The van der Waals surface area contributed by atoms with Crippen LogP contribution in [0.15, 0.2) is 29.4 Å². The van der Waals surface area contributed by atoms with Crippen molar-refractivity contribution in [3.63, 3.8) is 0 Å². The normalized spacial score (nSPS) is 10.9. The van der Waals surface area contributed by atoms with Gasteiger partial charge in [0.25, 0.3) is 0 Å². The lowest BCUT2D eigenvalue weighted by molar-refractivity contribution is -0.117. The number of ether oxygens (including phenoxy) is 1. The maximum absolute atomic E-state index is 10.7. The smallest absolute Gasteiger partial charge is 0.218 e. The van der Waals surface area contributed by atoms with Gasteiger partial charge in [-0.3, -0.25) is 4.79 Å². The molecule has 2 aromatic rings. The topological polar surface area (TPSA) is 109 Å². The van der Waals surface area contributed by atoms with E-state index in [0.29, 0.717) is 22.7 Å². The minimum atomic E-state index is -0.353. The maximum atomic E-state index is 10.7. The number of carbonyl (C=O) groups excluding carboxylic acids is 1. The fraction of sp³-hybridized carbons (Fsp3) is 0.400. The molecule has 8 heteroatoms. The van der Waals surface area contributed by atoms with Crippen LogP contribution in [0, 0.1) is 0 Å². The Labute approximate surface area is 139 Å². The second-order valence-corrected chi connectivity index (χ2v) is 6.41. The largest absolute Gasteiger partial charge is 0.486 e. The summed E-state index contributed by atoms with van der Waals surface area (Å²) in [4.78, 5) is 10.7. The van der Waals surface area contributed by atoms with Gasteiger partial charge in [-0.1, -0.05) is 37.7 Å². The summed E-state index contributed by atoms with van der Waals surface area (Å²) in [5.74, 6) is 7.83. The highest BCUT2D eigenvalue weighted by Crippen LogP contribution is 2.20. The minimum Gasteiger partial charge on any atom is -0.486 e. The summed E-state index contributed by atoms with van der Waals surface area (Å²) in [6.45, 7) is 4.51. The van der Waals surface area contributed by atoms with Crippen molar-refractivity contribution in [2.75, 3.05) is 11.6 Å². The quantitative estimate of drug-likeness (QED) is 0.561. The molecule has 0 saturated carbocycles. The van der Waals surface area contributed by atoms with Gasteiger partial charge in [-0.05, 0) is 23.6 Å². The molecule has 0 atom stereocenters. The van der Waals surface area contributed by atoms with Gasteiger partial charge in [0.15, 0.2) is 5.82 Å². The van der Waals surface area contributed by atoms with Crippen molar-refractivity contribution in [1.29, 1.82) is 0 Å². The van der Waals surface area contributed by atoms with Crippen LogP contribution in [0.2, 0.25) is 0 Å². The number of thioether (sulfide) groups is 1. The zero-order valence-corrected chi connectivity index (χ0v) is 14.0. The summed E-state index contributed by atoms with van der Waals surface area (Å²) < 4.78 is 7.05. The molecule has 0 aliphatic heterocycles. The van der Waals surface area contributed by atoms with Crippen LogP contribution in [0.5, 0.6) is 5.75 Å². The molecule has 0 saturated heterocycles. The number of rotatable bonds is 8. The fourth-order valence-corrected chi connectivity index (χ4v) is 2.67. The average molecular weight is 335 g/mol. The number of nitrogens with two attached hydrogens (primary N) is 2. The summed E-state index contributed by atoms with van der Waals surface area (Å²) in [5, 5.41) is 8.51. The number of aromatic nitrogens is 3. The van der Waals surface area contributed by atoms with E-state index in [0.717, 1.165) is 5.75 Å². The van der Waals surface area contributed by atoms with E-state index in [2.05, 4.69) is 24.0 Å². The number of hydrogen-bond acceptors (Lipinski definition) is 6. The number of hydrogen-bond donors (Lipinski definition) is 2. The highest BCUT2D eigenvalue weighted by molar-refractivity contribution is 7.99. The third-order valence-corrected chi connectivity index (χ3v) is 4.17. The average Bonchev–Trinajstić information content (AvgIpc) is 2.86. The van der Waals surface area contributed by atoms with Gasteiger partial charge in [0.2, 0.25) is 11.1 Å². The molecule has 2 rings (SSSR count). The molecule has 0 bridgehead atoms. The molecular weight excluding hydrogens is 314 g/mol. The number of nitrogen functional groups attached to an aromatic ring is 1. The van der Waals surface area contributed by atoms with E-state index in [9.17, 15) is 4.79 Å². The molecular formula is C15H21N5O2S. The molecule has 0 aliphatic rings. The zero-order valence-electron chi connectivity index (χ0n) is 13.2. The van der Waals surface area contributed by atoms with Gasteiger partial charge in [-0.2, -0.15) is 0 Å². The Balaban J connectivity index is 1.90. The standard InChI is InChI=1S/C15H21N5O2S/c1-10(2)11-3-5-12(6-4-11)22-9-14-18-19-15(20(14)17)23-8-7-13(16)21/h3-6,10H,7-9,17H2,1-2H3,(H2,16,21). The maximum Gasteiger partial charge on any atom is 0.218 e. The monoisotopic (exact) mass is 335 g/mol. The summed E-state index contributed by atoms with van der Waals surface area (Å²) in [6.07, 6.45) is 0.269. The Bertz CT molecular complexity index is 654. The van der Waals surface area contributed by atoms with Gasteiger partial charge < -0.3 is 16.3 Å². The van der Waals surface area contributed by atoms with Crippen molar-refractivity contribution in [2.24, 2.45) is 5.73 Å². The first-order valence-electron chi connectivity index (χ1n) is 7.30. The third-order valence-electron chi connectivity index (χ3n) is 3.23. The van der Waals surface area contributed by atoms with Crippen molar-refractivity contribution in [2.45, 2.75) is 37.9 Å². The van der Waals surface area contributed by atoms with Crippen LogP contribution in [-0.2, 0) is 11.4 Å². The highest BCUT2D eigenvalue weighted by Gasteiger charge is 2.11. The van der Waals surface area contributed by atoms with Crippen LogP contribution < -0.4 is 16.3 Å². The molecule has 1 heterocycles. The Kier molecular flexibility index (Phi) is 5.86. The number of carbonyl (C=O) groups is 1. The van der Waals surface area contributed by atoms with Crippen molar-refractivity contribution < 1.29 is 9.53 Å².